The van der Waals surface area contributed by atoms with Crippen molar-refractivity contribution in [1.29, 1.82) is 0 Å². The van der Waals surface area contributed by atoms with Crippen LogP contribution in [0.3, 0.4) is 0 Å². The predicted octanol–water partition coefficient (Wildman–Crippen LogP) is 1.72. The normalized spacial score (nSPS) is 9.13. The summed E-state index contributed by atoms with van der Waals surface area (Å²) in [4.78, 5) is 0. The van der Waals surface area contributed by atoms with E-state index in [1.54, 1.807) is 0 Å². The molecule has 0 unspecified atom stereocenters. The summed E-state index contributed by atoms with van der Waals surface area (Å²) in [5, 5.41) is 0. The van der Waals surface area contributed by atoms with E-state index in [9.17, 15) is 0 Å². The molecule has 66 valence electrons. The molecule has 0 nitrogen and oxygen atoms in total. The van der Waals surface area contributed by atoms with Gasteiger partial charge in [-0.2, -0.15) is 0 Å². The second-order valence-electron chi connectivity index (χ2n) is 3.45. The molecular weight excluding hydrogens is 238 g/mol. The molecule has 0 aliphatic heterocycles. The molecule has 3 heteroatoms. The van der Waals surface area contributed by atoms with E-state index in [1.807, 2.05) is 30.3 Å². The first-order valence-electron chi connectivity index (χ1n) is 4.92. The molecule has 15 heavy (non-hydrogen) atoms. The molecule has 2 aromatic rings. The van der Waals surface area contributed by atoms with Gasteiger partial charge in [-0.3, -0.25) is 0 Å². The van der Waals surface area contributed by atoms with Gasteiger partial charge in [-0.15, -0.1) is 0 Å². The Morgan fingerprint density at radius 1 is 0.667 bits per heavy atom. The zero-order chi connectivity index (χ0) is 11.1. The fourth-order valence-electron chi connectivity index (χ4n) is 1.07. The van der Waals surface area contributed by atoms with Crippen LogP contribution in [0.15, 0.2) is 59.1 Å². The van der Waals surface area contributed by atoms with Gasteiger partial charge in [-0.25, -0.2) is 0 Å². The molecule has 0 saturated heterocycles. The van der Waals surface area contributed by atoms with Gasteiger partial charge in [0.05, 0.1) is 0 Å². The molecule has 0 fully saturated rings. The third-order valence-electron chi connectivity index (χ3n) is 1.95. The van der Waals surface area contributed by atoms with Gasteiger partial charge in [0.2, 0.25) is 0 Å². The second kappa shape index (κ2) is 7.40. The predicted molar refractivity (Wildman–Crippen MR) is 71.4 cm³/mol. The summed E-state index contributed by atoms with van der Waals surface area (Å²) in [6.45, 7) is 0. The SMILES string of the molecule is [Li][c]1ccc(Br)cc1.[Li][c]1ccccc1. The summed E-state index contributed by atoms with van der Waals surface area (Å²) < 4.78 is 3.76. The fourth-order valence-corrected chi connectivity index (χ4v) is 1.33. The van der Waals surface area contributed by atoms with E-state index < -0.39 is 0 Å². The van der Waals surface area contributed by atoms with Crippen LogP contribution in [0.25, 0.3) is 0 Å². The molecule has 0 bridgehead atoms. The van der Waals surface area contributed by atoms with Crippen molar-refractivity contribution in [2.24, 2.45) is 0 Å². The van der Waals surface area contributed by atoms with Crippen molar-refractivity contribution in [3.05, 3.63) is 59.1 Å². The van der Waals surface area contributed by atoms with Crippen molar-refractivity contribution >= 4 is 59.8 Å². The van der Waals surface area contributed by atoms with E-state index >= 15 is 0 Å². The fraction of sp³-hybridized carbons (Fsp3) is 0. The first-order valence-corrected chi connectivity index (χ1v) is 5.71. The van der Waals surface area contributed by atoms with E-state index in [2.05, 4.69) is 75.6 Å². The van der Waals surface area contributed by atoms with Crippen molar-refractivity contribution in [3.63, 3.8) is 0 Å². The van der Waals surface area contributed by atoms with Gasteiger partial charge in [0.25, 0.3) is 0 Å². The summed E-state index contributed by atoms with van der Waals surface area (Å²) in [5.41, 5.74) is 0. The number of rotatable bonds is 0. The third kappa shape index (κ3) is 6.31. The quantitative estimate of drug-likeness (QED) is 0.622. The van der Waals surface area contributed by atoms with Gasteiger partial charge in [0.1, 0.15) is 0 Å². The van der Waals surface area contributed by atoms with Crippen LogP contribution in [0.2, 0.25) is 0 Å². The molecule has 0 spiro atoms. The molecule has 0 aliphatic rings. The Morgan fingerprint density at radius 2 is 1.13 bits per heavy atom. The Morgan fingerprint density at radius 3 is 1.47 bits per heavy atom. The first-order chi connectivity index (χ1) is 7.18. The minimum atomic E-state index is 1.14. The minimum absolute atomic E-state index is 1.14. The van der Waals surface area contributed by atoms with Crippen molar-refractivity contribution in [2.75, 3.05) is 0 Å². The van der Waals surface area contributed by atoms with Crippen molar-refractivity contribution in [3.8, 4) is 0 Å². The Hall–Kier alpha value is 0.115. The molecule has 0 aliphatic carbocycles. The first kappa shape index (κ1) is 13.2. The summed E-state index contributed by atoms with van der Waals surface area (Å²) >= 11 is 7.50. The number of halogens is 1. The number of hydrogen-bond donors (Lipinski definition) is 0. The van der Waals surface area contributed by atoms with Gasteiger partial charge in [-0.1, -0.05) is 0 Å². The zero-order valence-electron chi connectivity index (χ0n) is 9.07. The Balaban J connectivity index is 0.000000151. The molecule has 0 amide bonds. The Labute approximate surface area is 118 Å². The van der Waals surface area contributed by atoms with Crippen LogP contribution in [0.1, 0.15) is 0 Å². The Kier molecular flexibility index (Phi) is 6.50. The molecular formula is C12H9BrLi2. The van der Waals surface area contributed by atoms with Crippen LogP contribution < -0.4 is 8.47 Å². The standard InChI is InChI=1S/C6H4Br.C6H5.2Li/c7-6-4-2-1-3-5-6;1-2-4-6-5-3-1;;/h2-5H;1-5H;;. The topological polar surface area (TPSA) is 0 Å². The summed E-state index contributed by atoms with van der Waals surface area (Å²) in [7, 11) is 0. The van der Waals surface area contributed by atoms with E-state index in [-0.39, 0.29) is 0 Å². The van der Waals surface area contributed by atoms with Crippen LogP contribution in [-0.2, 0) is 0 Å². The van der Waals surface area contributed by atoms with Gasteiger partial charge < -0.3 is 0 Å². The van der Waals surface area contributed by atoms with Crippen LogP contribution >= 0.6 is 15.9 Å². The van der Waals surface area contributed by atoms with E-state index in [1.165, 1.54) is 8.47 Å². The van der Waals surface area contributed by atoms with Crippen LogP contribution in [0.4, 0.5) is 0 Å². The maximum atomic E-state index is 3.35. The van der Waals surface area contributed by atoms with Crippen molar-refractivity contribution in [1.82, 2.24) is 0 Å². The number of benzene rings is 2. The van der Waals surface area contributed by atoms with Gasteiger partial charge in [0.15, 0.2) is 0 Å². The molecule has 0 N–H and O–H groups in total. The van der Waals surface area contributed by atoms with E-state index in [0.717, 1.165) is 4.47 Å². The van der Waals surface area contributed by atoms with Gasteiger partial charge in [0, 0.05) is 0 Å². The number of hydrogen-bond acceptors (Lipinski definition) is 0. The summed E-state index contributed by atoms with van der Waals surface area (Å²) in [6, 6.07) is 18.5. The summed E-state index contributed by atoms with van der Waals surface area (Å²) in [6.07, 6.45) is 0. The van der Waals surface area contributed by atoms with Crippen LogP contribution in [0.5, 0.6) is 0 Å². The van der Waals surface area contributed by atoms with Crippen LogP contribution in [0, 0.1) is 0 Å². The maximum absolute atomic E-state index is 3.35. The molecule has 2 aromatic carbocycles. The molecule has 2 rings (SSSR count). The van der Waals surface area contributed by atoms with Gasteiger partial charge >= 0.3 is 119 Å². The van der Waals surface area contributed by atoms with E-state index in [0.29, 0.717) is 0 Å². The molecule has 0 saturated carbocycles. The monoisotopic (exact) mass is 246 g/mol. The molecule has 0 aromatic heterocycles. The second-order valence-corrected chi connectivity index (χ2v) is 4.37. The Bertz CT molecular complexity index is 363. The van der Waals surface area contributed by atoms with Crippen LogP contribution in [-0.4, -0.2) is 35.4 Å². The molecule has 0 radical (unpaired) electrons. The van der Waals surface area contributed by atoms with Crippen molar-refractivity contribution in [2.45, 2.75) is 0 Å². The zero-order valence-corrected chi connectivity index (χ0v) is 10.7. The molecule has 0 heterocycles. The van der Waals surface area contributed by atoms with Gasteiger partial charge in [-0.05, 0) is 0 Å². The molecule has 0 atom stereocenters. The third-order valence-corrected chi connectivity index (χ3v) is 2.48. The average molecular weight is 247 g/mol. The van der Waals surface area contributed by atoms with E-state index in [4.69, 9.17) is 0 Å². The summed E-state index contributed by atoms with van der Waals surface area (Å²) in [5.74, 6) is 0. The van der Waals surface area contributed by atoms with Crippen molar-refractivity contribution < 1.29 is 0 Å². The average Bonchev–Trinajstić information content (AvgIpc) is 2.25.